The van der Waals surface area contributed by atoms with Gasteiger partial charge in [0.25, 0.3) is 0 Å². The lowest BCUT2D eigenvalue weighted by Gasteiger charge is -2.05. The van der Waals surface area contributed by atoms with Gasteiger partial charge >= 0.3 is 12.1 Å². The number of fused-ring (bicyclic) bond motifs is 2. The van der Waals surface area contributed by atoms with Crippen LogP contribution < -0.4 is 5.32 Å². The highest BCUT2D eigenvalue weighted by Crippen LogP contribution is 2.39. The first kappa shape index (κ1) is 19.7. The number of imidazole rings is 1. The first-order valence-electron chi connectivity index (χ1n) is 8.50. The second kappa shape index (κ2) is 7.34. The molecule has 0 radical (unpaired) electrons. The van der Waals surface area contributed by atoms with Gasteiger partial charge in [0.15, 0.2) is 11.5 Å². The molecule has 0 saturated carbocycles. The van der Waals surface area contributed by atoms with E-state index < -0.39 is 28.6 Å². The van der Waals surface area contributed by atoms with Crippen molar-refractivity contribution in [3.8, 4) is 0 Å². The predicted molar refractivity (Wildman–Crippen MR) is 104 cm³/mol. The van der Waals surface area contributed by atoms with Gasteiger partial charge in [0.2, 0.25) is 5.91 Å². The molecule has 2 aromatic carbocycles. The van der Waals surface area contributed by atoms with Gasteiger partial charge in [-0.05, 0) is 16.3 Å². The maximum atomic E-state index is 13.4. The summed E-state index contributed by atoms with van der Waals surface area (Å²) in [5.74, 6) is -2.17. The molecule has 1 N–H and O–H groups in total. The quantitative estimate of drug-likeness (QED) is 0.475. The first-order valence-corrected chi connectivity index (χ1v) is 9.32. The number of benzene rings is 2. The lowest BCUT2D eigenvalue weighted by molar-refractivity contribution is -0.141. The molecule has 0 fully saturated rings. The number of aromatic nitrogens is 2. The Labute approximate surface area is 170 Å². The molecule has 11 heteroatoms. The van der Waals surface area contributed by atoms with Crippen LogP contribution in [-0.4, -0.2) is 21.2 Å². The molecule has 2 heterocycles. The van der Waals surface area contributed by atoms with E-state index in [2.05, 4.69) is 15.5 Å². The number of alkyl halides is 3. The van der Waals surface area contributed by atoms with Crippen LogP contribution in [0.2, 0.25) is 0 Å². The van der Waals surface area contributed by atoms with Crippen LogP contribution in [0, 0.1) is 4.91 Å². The highest BCUT2D eigenvalue weighted by atomic mass is 32.1. The molecule has 4 aromatic rings. The smallest absolute Gasteiger partial charge is 0.308 e. The van der Waals surface area contributed by atoms with Crippen LogP contribution in [0.1, 0.15) is 20.9 Å². The zero-order valence-electron chi connectivity index (χ0n) is 14.9. The number of thiazole rings is 1. The Hall–Kier alpha value is -3.60. The first-order chi connectivity index (χ1) is 14.3. The lowest BCUT2D eigenvalue weighted by Crippen LogP contribution is -2.14. The van der Waals surface area contributed by atoms with Crippen molar-refractivity contribution in [3.63, 3.8) is 0 Å². The third-order valence-corrected chi connectivity index (χ3v) is 5.52. The van der Waals surface area contributed by atoms with Gasteiger partial charge in [0.1, 0.15) is 16.0 Å². The zero-order chi connectivity index (χ0) is 21.5. The predicted octanol–water partition coefficient (Wildman–Crippen LogP) is 4.66. The number of nitrogens with zero attached hydrogens (tertiary/aromatic N) is 3. The molecule has 0 unspecified atom stereocenters. The van der Waals surface area contributed by atoms with E-state index in [1.54, 1.807) is 6.07 Å². The van der Waals surface area contributed by atoms with Gasteiger partial charge in [0.05, 0.1) is 6.42 Å². The number of hydrogen-bond acceptors (Lipinski definition) is 5. The summed E-state index contributed by atoms with van der Waals surface area (Å²) in [6.45, 7) is 0. The van der Waals surface area contributed by atoms with E-state index in [4.69, 9.17) is 0 Å². The summed E-state index contributed by atoms with van der Waals surface area (Å²) in [7, 11) is 0. The fourth-order valence-electron chi connectivity index (χ4n) is 3.10. The van der Waals surface area contributed by atoms with E-state index in [1.807, 2.05) is 36.4 Å². The maximum Gasteiger partial charge on any atom is 0.433 e. The minimum atomic E-state index is -4.92. The van der Waals surface area contributed by atoms with Crippen molar-refractivity contribution >= 4 is 44.6 Å². The maximum absolute atomic E-state index is 13.4. The Bertz CT molecular complexity index is 1310. The van der Waals surface area contributed by atoms with Crippen molar-refractivity contribution in [1.82, 2.24) is 9.38 Å². The van der Waals surface area contributed by atoms with Crippen LogP contribution in [-0.2, 0) is 17.4 Å². The number of nitrogens with one attached hydrogen (secondary N) is 1. The molecule has 0 aliphatic heterocycles. The third kappa shape index (κ3) is 3.54. The summed E-state index contributed by atoms with van der Waals surface area (Å²) in [4.78, 5) is 37.3. The molecular weight excluding hydrogens is 421 g/mol. The normalized spacial score (nSPS) is 11.7. The molecule has 0 aliphatic rings. The number of hydrogen-bond donors (Lipinski definition) is 1. The van der Waals surface area contributed by atoms with Gasteiger partial charge in [-0.2, -0.15) is 13.2 Å². The number of amides is 2. The van der Waals surface area contributed by atoms with Crippen LogP contribution in [0.3, 0.4) is 0 Å². The molecule has 152 valence electrons. The van der Waals surface area contributed by atoms with Crippen molar-refractivity contribution in [1.29, 1.82) is 0 Å². The number of rotatable bonds is 4. The van der Waals surface area contributed by atoms with Crippen molar-refractivity contribution < 1.29 is 22.8 Å². The van der Waals surface area contributed by atoms with Crippen molar-refractivity contribution in [3.05, 3.63) is 69.8 Å². The largest absolute Gasteiger partial charge is 0.433 e. The zero-order valence-corrected chi connectivity index (χ0v) is 15.8. The topological polar surface area (TPSA) is 92.9 Å². The Morgan fingerprint density at radius 3 is 2.57 bits per heavy atom. The standard InChI is InChI=1S/C19H11F3N4O3S/c20-19(21,22)15-14(17(28)25-29)30-18-16(23-9-26(15)18)24-13(27)8-10-5-6-11-3-1-2-4-12(11)7-10/h1-7,9H,8H2,(H,24,27). The summed E-state index contributed by atoms with van der Waals surface area (Å²) in [6.07, 6.45) is -4.11. The third-order valence-electron chi connectivity index (χ3n) is 4.36. The molecule has 0 saturated heterocycles. The van der Waals surface area contributed by atoms with Crippen molar-refractivity contribution in [2.45, 2.75) is 12.6 Å². The monoisotopic (exact) mass is 432 g/mol. The van der Waals surface area contributed by atoms with Crippen LogP contribution in [0.5, 0.6) is 0 Å². The van der Waals surface area contributed by atoms with E-state index in [9.17, 15) is 27.7 Å². The molecule has 0 atom stereocenters. The average Bonchev–Trinajstić information content (AvgIpc) is 3.26. The van der Waals surface area contributed by atoms with Crippen LogP contribution in [0.25, 0.3) is 15.6 Å². The Morgan fingerprint density at radius 1 is 1.13 bits per heavy atom. The molecule has 7 nitrogen and oxygen atoms in total. The Kier molecular flexibility index (Phi) is 4.82. The number of carbonyl (C=O) groups excluding carboxylic acids is 2. The van der Waals surface area contributed by atoms with E-state index in [0.717, 1.165) is 17.1 Å². The number of anilines is 1. The molecule has 0 bridgehead atoms. The minimum Gasteiger partial charge on any atom is -0.308 e. The highest BCUT2D eigenvalue weighted by molar-refractivity contribution is 7.20. The Balaban J connectivity index is 1.63. The number of halogens is 3. The molecule has 0 spiro atoms. The summed E-state index contributed by atoms with van der Waals surface area (Å²) < 4.78 is 40.7. The lowest BCUT2D eigenvalue weighted by atomic mass is 10.1. The fraction of sp³-hybridized carbons (Fsp3) is 0.105. The van der Waals surface area contributed by atoms with Gasteiger partial charge in [-0.15, -0.1) is 16.2 Å². The number of carbonyl (C=O) groups is 2. The van der Waals surface area contributed by atoms with Crippen LogP contribution >= 0.6 is 11.3 Å². The summed E-state index contributed by atoms with van der Waals surface area (Å²) in [5.41, 5.74) is -0.639. The van der Waals surface area contributed by atoms with Gasteiger partial charge in [-0.1, -0.05) is 42.5 Å². The van der Waals surface area contributed by atoms with E-state index in [0.29, 0.717) is 21.3 Å². The molecular formula is C19H11F3N4O3S. The average molecular weight is 432 g/mol. The SMILES string of the molecule is O=NC(=O)c1sc2c(NC(=O)Cc3ccc4ccccc4c3)ncn2c1C(F)(F)F. The molecule has 2 aromatic heterocycles. The van der Waals surface area contributed by atoms with Gasteiger partial charge in [-0.25, -0.2) is 4.98 Å². The second-order valence-corrected chi connectivity index (χ2v) is 7.35. The van der Waals surface area contributed by atoms with Crippen LogP contribution in [0.15, 0.2) is 54.0 Å². The second-order valence-electron chi connectivity index (χ2n) is 6.35. The van der Waals surface area contributed by atoms with Crippen molar-refractivity contribution in [2.24, 2.45) is 5.18 Å². The van der Waals surface area contributed by atoms with E-state index in [1.165, 1.54) is 0 Å². The van der Waals surface area contributed by atoms with Crippen LogP contribution in [0.4, 0.5) is 19.0 Å². The number of nitroso groups, excluding NO2 is 1. The summed E-state index contributed by atoms with van der Waals surface area (Å²) >= 11 is 0.389. The molecule has 0 aliphatic carbocycles. The van der Waals surface area contributed by atoms with Gasteiger partial charge < -0.3 is 5.32 Å². The summed E-state index contributed by atoms with van der Waals surface area (Å²) in [5, 5.41) is 6.50. The molecule has 4 rings (SSSR count). The minimum absolute atomic E-state index is 0.0248. The van der Waals surface area contributed by atoms with Gasteiger partial charge in [-0.3, -0.25) is 14.0 Å². The van der Waals surface area contributed by atoms with E-state index >= 15 is 0 Å². The van der Waals surface area contributed by atoms with E-state index in [-0.39, 0.29) is 17.1 Å². The fourth-order valence-corrected chi connectivity index (χ4v) is 4.16. The molecule has 30 heavy (non-hydrogen) atoms. The van der Waals surface area contributed by atoms with Crippen molar-refractivity contribution in [2.75, 3.05) is 5.32 Å². The van der Waals surface area contributed by atoms with Gasteiger partial charge in [0, 0.05) is 5.18 Å². The summed E-state index contributed by atoms with van der Waals surface area (Å²) in [6, 6.07) is 13.1. The molecule has 2 amide bonds. The Morgan fingerprint density at radius 2 is 1.87 bits per heavy atom. The highest BCUT2D eigenvalue weighted by Gasteiger charge is 2.41.